The van der Waals surface area contributed by atoms with E-state index in [1.54, 1.807) is 54.3 Å². The quantitative estimate of drug-likeness (QED) is 0.570. The fraction of sp³-hybridized carbons (Fsp3) is 0.190. The van der Waals surface area contributed by atoms with Crippen LogP contribution in [-0.4, -0.2) is 28.8 Å². The van der Waals surface area contributed by atoms with Crippen LogP contribution in [0, 0.1) is 0 Å². The maximum atomic E-state index is 12.9. The van der Waals surface area contributed by atoms with Gasteiger partial charge in [-0.3, -0.25) is 4.79 Å². The standard InChI is InChI=1S/C21H22ClN5O2/c1-13(2)19-18(12-24-27(19)17-10-4-14(22)5-11-17)20(28)25-15-6-8-16(9-7-15)26-21(29)23-3/h4-13H,1-3H3,(H,25,28)(H2,23,26,29). The van der Waals surface area contributed by atoms with Gasteiger partial charge < -0.3 is 16.0 Å². The van der Waals surface area contributed by atoms with Crippen LogP contribution in [-0.2, 0) is 0 Å². The number of carbonyl (C=O) groups is 2. The highest BCUT2D eigenvalue weighted by atomic mass is 35.5. The Labute approximate surface area is 174 Å². The predicted molar refractivity (Wildman–Crippen MR) is 115 cm³/mol. The molecule has 29 heavy (non-hydrogen) atoms. The zero-order valence-electron chi connectivity index (χ0n) is 16.4. The number of carbonyl (C=O) groups excluding carboxylic acids is 2. The summed E-state index contributed by atoms with van der Waals surface area (Å²) in [4.78, 5) is 24.2. The number of nitrogens with one attached hydrogen (secondary N) is 3. The van der Waals surface area contributed by atoms with Crippen LogP contribution in [0.25, 0.3) is 5.69 Å². The second kappa shape index (κ2) is 8.79. The molecule has 0 fully saturated rings. The van der Waals surface area contributed by atoms with Crippen LogP contribution in [0.5, 0.6) is 0 Å². The van der Waals surface area contributed by atoms with Crippen molar-refractivity contribution in [1.82, 2.24) is 15.1 Å². The summed E-state index contributed by atoms with van der Waals surface area (Å²) in [5.74, 6) is -0.172. The Balaban J connectivity index is 1.82. The molecular formula is C21H22ClN5O2. The molecular weight excluding hydrogens is 390 g/mol. The molecule has 1 heterocycles. The number of anilines is 2. The molecule has 1 aromatic heterocycles. The maximum Gasteiger partial charge on any atom is 0.318 e. The number of rotatable bonds is 5. The summed E-state index contributed by atoms with van der Waals surface area (Å²) in [6.07, 6.45) is 1.57. The normalized spacial score (nSPS) is 10.7. The number of urea groups is 1. The molecule has 2 aromatic carbocycles. The summed E-state index contributed by atoms with van der Waals surface area (Å²) >= 11 is 5.97. The Kier molecular flexibility index (Phi) is 6.19. The van der Waals surface area contributed by atoms with Gasteiger partial charge in [0.1, 0.15) is 0 Å². The van der Waals surface area contributed by atoms with E-state index in [-0.39, 0.29) is 17.9 Å². The average Bonchev–Trinajstić information content (AvgIpc) is 3.15. The fourth-order valence-electron chi connectivity index (χ4n) is 2.91. The van der Waals surface area contributed by atoms with Gasteiger partial charge in [0, 0.05) is 23.4 Å². The monoisotopic (exact) mass is 411 g/mol. The first-order chi connectivity index (χ1) is 13.9. The molecule has 8 heteroatoms. The highest BCUT2D eigenvalue weighted by Crippen LogP contribution is 2.25. The SMILES string of the molecule is CNC(=O)Nc1ccc(NC(=O)c2cnn(-c3ccc(Cl)cc3)c2C(C)C)cc1. The highest BCUT2D eigenvalue weighted by molar-refractivity contribution is 6.30. The molecule has 7 nitrogen and oxygen atoms in total. The van der Waals surface area contributed by atoms with E-state index >= 15 is 0 Å². The molecule has 0 aliphatic rings. The molecule has 0 bridgehead atoms. The van der Waals surface area contributed by atoms with Crippen molar-refractivity contribution < 1.29 is 9.59 Å². The molecule has 0 saturated heterocycles. The number of halogens is 1. The first-order valence-corrected chi connectivity index (χ1v) is 9.51. The van der Waals surface area contributed by atoms with Gasteiger partial charge in [-0.05, 0) is 54.4 Å². The number of hydrogen-bond acceptors (Lipinski definition) is 3. The van der Waals surface area contributed by atoms with Crippen LogP contribution in [0.15, 0.2) is 54.7 Å². The molecule has 3 rings (SSSR count). The fourth-order valence-corrected chi connectivity index (χ4v) is 3.03. The minimum absolute atomic E-state index is 0.0769. The molecule has 3 N–H and O–H groups in total. The second-order valence-electron chi connectivity index (χ2n) is 6.72. The summed E-state index contributed by atoms with van der Waals surface area (Å²) in [6, 6.07) is 13.9. The number of aromatic nitrogens is 2. The zero-order valence-corrected chi connectivity index (χ0v) is 17.1. The largest absolute Gasteiger partial charge is 0.341 e. The lowest BCUT2D eigenvalue weighted by molar-refractivity contribution is 0.102. The summed E-state index contributed by atoms with van der Waals surface area (Å²) in [6.45, 7) is 4.03. The third kappa shape index (κ3) is 4.75. The first kappa shape index (κ1) is 20.4. The third-order valence-electron chi connectivity index (χ3n) is 4.30. The van der Waals surface area contributed by atoms with E-state index in [2.05, 4.69) is 21.0 Å². The molecule has 0 spiro atoms. The molecule has 3 aromatic rings. The van der Waals surface area contributed by atoms with Crippen LogP contribution in [0.1, 0.15) is 35.8 Å². The van der Waals surface area contributed by atoms with Crippen molar-refractivity contribution in [2.24, 2.45) is 0 Å². The summed E-state index contributed by atoms with van der Waals surface area (Å²) in [5, 5.41) is 13.1. The van der Waals surface area contributed by atoms with Crippen LogP contribution in [0.4, 0.5) is 16.2 Å². The number of hydrogen-bond donors (Lipinski definition) is 3. The van der Waals surface area contributed by atoms with Crippen molar-refractivity contribution in [3.63, 3.8) is 0 Å². The lowest BCUT2D eigenvalue weighted by Gasteiger charge is -2.13. The van der Waals surface area contributed by atoms with Crippen molar-refractivity contribution >= 4 is 34.9 Å². The van der Waals surface area contributed by atoms with Crippen LogP contribution in [0.2, 0.25) is 5.02 Å². The van der Waals surface area contributed by atoms with E-state index in [0.29, 0.717) is 22.0 Å². The molecule has 3 amide bonds. The van der Waals surface area contributed by atoms with Gasteiger partial charge in [0.05, 0.1) is 23.1 Å². The Bertz CT molecular complexity index is 1010. The second-order valence-corrected chi connectivity index (χ2v) is 7.16. The topological polar surface area (TPSA) is 88.1 Å². The van der Waals surface area contributed by atoms with Gasteiger partial charge in [0.2, 0.25) is 0 Å². The van der Waals surface area contributed by atoms with Crippen molar-refractivity contribution in [3.8, 4) is 5.69 Å². The number of nitrogens with zero attached hydrogens (tertiary/aromatic N) is 2. The first-order valence-electron chi connectivity index (χ1n) is 9.13. The molecule has 0 radical (unpaired) electrons. The minimum Gasteiger partial charge on any atom is -0.341 e. The van der Waals surface area contributed by atoms with Crippen molar-refractivity contribution in [2.75, 3.05) is 17.7 Å². The molecule has 0 aliphatic carbocycles. The zero-order chi connectivity index (χ0) is 21.0. The Hall–Kier alpha value is -3.32. The smallest absolute Gasteiger partial charge is 0.318 e. The summed E-state index contributed by atoms with van der Waals surface area (Å²) in [7, 11) is 1.54. The minimum atomic E-state index is -0.307. The Morgan fingerprint density at radius 1 is 0.966 bits per heavy atom. The lowest BCUT2D eigenvalue weighted by atomic mass is 10.0. The predicted octanol–water partition coefficient (Wildman–Crippen LogP) is 4.65. The van der Waals surface area contributed by atoms with E-state index in [1.807, 2.05) is 26.0 Å². The summed E-state index contributed by atoms with van der Waals surface area (Å²) in [5.41, 5.74) is 3.39. The van der Waals surface area contributed by atoms with Gasteiger partial charge in [0.25, 0.3) is 5.91 Å². The van der Waals surface area contributed by atoms with Crippen molar-refractivity contribution in [3.05, 3.63) is 71.0 Å². The summed E-state index contributed by atoms with van der Waals surface area (Å²) < 4.78 is 1.76. The van der Waals surface area contributed by atoms with E-state index in [1.165, 1.54) is 0 Å². The number of amides is 3. The van der Waals surface area contributed by atoms with Gasteiger partial charge in [-0.25, -0.2) is 9.48 Å². The molecule has 150 valence electrons. The van der Waals surface area contributed by atoms with Gasteiger partial charge in [-0.1, -0.05) is 25.4 Å². The van der Waals surface area contributed by atoms with E-state index in [9.17, 15) is 9.59 Å². The van der Waals surface area contributed by atoms with Crippen LogP contribution >= 0.6 is 11.6 Å². The van der Waals surface area contributed by atoms with Crippen LogP contribution < -0.4 is 16.0 Å². The van der Waals surface area contributed by atoms with E-state index in [4.69, 9.17) is 11.6 Å². The average molecular weight is 412 g/mol. The maximum absolute atomic E-state index is 12.9. The van der Waals surface area contributed by atoms with E-state index < -0.39 is 0 Å². The molecule has 0 atom stereocenters. The highest BCUT2D eigenvalue weighted by Gasteiger charge is 2.21. The molecule has 0 aliphatic heterocycles. The van der Waals surface area contributed by atoms with Crippen LogP contribution in [0.3, 0.4) is 0 Å². The molecule has 0 saturated carbocycles. The number of benzene rings is 2. The van der Waals surface area contributed by atoms with E-state index in [0.717, 1.165) is 11.4 Å². The third-order valence-corrected chi connectivity index (χ3v) is 4.55. The molecule has 0 unspecified atom stereocenters. The van der Waals surface area contributed by atoms with Gasteiger partial charge in [0.15, 0.2) is 0 Å². The lowest BCUT2D eigenvalue weighted by Crippen LogP contribution is -2.24. The van der Waals surface area contributed by atoms with Crippen molar-refractivity contribution in [1.29, 1.82) is 0 Å². The Morgan fingerprint density at radius 2 is 1.55 bits per heavy atom. The van der Waals surface area contributed by atoms with Gasteiger partial charge >= 0.3 is 6.03 Å². The Morgan fingerprint density at radius 3 is 2.10 bits per heavy atom. The van der Waals surface area contributed by atoms with Gasteiger partial charge in [-0.15, -0.1) is 0 Å². The van der Waals surface area contributed by atoms with Gasteiger partial charge in [-0.2, -0.15) is 5.10 Å². The van der Waals surface area contributed by atoms with Crippen molar-refractivity contribution in [2.45, 2.75) is 19.8 Å².